The molecular formula is C15H17NO3. The average molecular weight is 259 g/mol. The van der Waals surface area contributed by atoms with E-state index in [2.05, 4.69) is 5.32 Å². The summed E-state index contributed by atoms with van der Waals surface area (Å²) in [4.78, 5) is 11.5. The molecule has 2 rings (SSSR count). The van der Waals surface area contributed by atoms with E-state index >= 15 is 0 Å². The lowest BCUT2D eigenvalue weighted by molar-refractivity contribution is 0.0936. The number of furan rings is 1. The van der Waals surface area contributed by atoms with E-state index in [-0.39, 0.29) is 12.0 Å². The molecule has 0 saturated carbocycles. The van der Waals surface area contributed by atoms with Crippen LogP contribution in [0.2, 0.25) is 0 Å². The van der Waals surface area contributed by atoms with Crippen molar-refractivity contribution < 1.29 is 13.9 Å². The van der Waals surface area contributed by atoms with Gasteiger partial charge in [-0.15, -0.1) is 0 Å². The topological polar surface area (TPSA) is 51.5 Å². The summed E-state index contributed by atoms with van der Waals surface area (Å²) in [6, 6.07) is 11.4. The Kier molecular flexibility index (Phi) is 4.02. The van der Waals surface area contributed by atoms with Crippen molar-refractivity contribution in [2.75, 3.05) is 14.2 Å². The van der Waals surface area contributed by atoms with Crippen LogP contribution in [0.1, 0.15) is 29.1 Å². The normalized spacial score (nSPS) is 12.2. The summed E-state index contributed by atoms with van der Waals surface area (Å²) < 4.78 is 10.8. The lowest BCUT2D eigenvalue weighted by Gasteiger charge is -2.10. The van der Waals surface area contributed by atoms with Gasteiger partial charge >= 0.3 is 0 Å². The highest BCUT2D eigenvalue weighted by molar-refractivity contribution is 5.91. The third kappa shape index (κ3) is 2.85. The molecule has 1 aromatic heterocycles. The number of benzene rings is 1. The number of carbonyl (C=O) groups is 1. The summed E-state index contributed by atoms with van der Waals surface area (Å²) >= 11 is 0. The zero-order valence-electron chi connectivity index (χ0n) is 11.3. The van der Waals surface area contributed by atoms with E-state index in [1.54, 1.807) is 26.3 Å². The molecule has 19 heavy (non-hydrogen) atoms. The second kappa shape index (κ2) is 5.71. The SMILES string of the molecule is CNC(=O)c1ccc(-c2cccc(C(C)OC)c2)o1. The zero-order valence-corrected chi connectivity index (χ0v) is 11.3. The number of nitrogens with one attached hydrogen (secondary N) is 1. The summed E-state index contributed by atoms with van der Waals surface area (Å²) in [5, 5.41) is 2.53. The van der Waals surface area contributed by atoms with Gasteiger partial charge in [0.15, 0.2) is 5.76 Å². The first-order valence-corrected chi connectivity index (χ1v) is 6.10. The summed E-state index contributed by atoms with van der Waals surface area (Å²) in [5.74, 6) is 0.749. The summed E-state index contributed by atoms with van der Waals surface area (Å²) in [6.45, 7) is 1.98. The molecule has 0 bridgehead atoms. The number of carbonyl (C=O) groups excluding carboxylic acids is 1. The van der Waals surface area contributed by atoms with Crippen molar-refractivity contribution in [3.63, 3.8) is 0 Å². The molecule has 1 aromatic carbocycles. The fourth-order valence-corrected chi connectivity index (χ4v) is 1.82. The van der Waals surface area contributed by atoms with E-state index < -0.39 is 0 Å². The Morgan fingerprint density at radius 2 is 2.11 bits per heavy atom. The van der Waals surface area contributed by atoms with E-state index in [9.17, 15) is 4.79 Å². The van der Waals surface area contributed by atoms with Gasteiger partial charge in [0.05, 0.1) is 6.10 Å². The van der Waals surface area contributed by atoms with Gasteiger partial charge in [-0.1, -0.05) is 18.2 Å². The number of rotatable bonds is 4. The van der Waals surface area contributed by atoms with E-state index in [1.807, 2.05) is 31.2 Å². The maximum atomic E-state index is 11.5. The number of ether oxygens (including phenoxy) is 1. The lowest BCUT2D eigenvalue weighted by Crippen LogP contribution is -2.16. The predicted octanol–water partition coefficient (Wildman–Crippen LogP) is 3.01. The predicted molar refractivity (Wildman–Crippen MR) is 73.0 cm³/mol. The molecule has 0 saturated heterocycles. The van der Waals surface area contributed by atoms with Crippen LogP contribution in [-0.2, 0) is 4.74 Å². The van der Waals surface area contributed by atoms with E-state index in [0.717, 1.165) is 11.1 Å². The van der Waals surface area contributed by atoms with Crippen LogP contribution < -0.4 is 5.32 Å². The van der Waals surface area contributed by atoms with Gasteiger partial charge in [0, 0.05) is 19.7 Å². The minimum absolute atomic E-state index is 0.0216. The Balaban J connectivity index is 2.31. The van der Waals surface area contributed by atoms with Crippen LogP contribution in [0.15, 0.2) is 40.8 Å². The van der Waals surface area contributed by atoms with Crippen LogP contribution in [-0.4, -0.2) is 20.1 Å². The van der Waals surface area contributed by atoms with Gasteiger partial charge in [0.25, 0.3) is 5.91 Å². The fourth-order valence-electron chi connectivity index (χ4n) is 1.82. The van der Waals surface area contributed by atoms with Crippen molar-refractivity contribution in [2.45, 2.75) is 13.0 Å². The minimum atomic E-state index is -0.229. The van der Waals surface area contributed by atoms with Crippen LogP contribution in [0.5, 0.6) is 0 Å². The summed E-state index contributed by atoms with van der Waals surface area (Å²) in [7, 11) is 3.25. The molecule has 1 heterocycles. The molecule has 1 N–H and O–H groups in total. The maximum Gasteiger partial charge on any atom is 0.286 e. The number of amides is 1. The Morgan fingerprint density at radius 1 is 1.32 bits per heavy atom. The highest BCUT2D eigenvalue weighted by Crippen LogP contribution is 2.26. The second-order valence-corrected chi connectivity index (χ2v) is 4.25. The van der Waals surface area contributed by atoms with Crippen LogP contribution in [0, 0.1) is 0 Å². The summed E-state index contributed by atoms with van der Waals surface area (Å²) in [5.41, 5.74) is 1.99. The molecule has 0 fully saturated rings. The molecule has 0 spiro atoms. The fraction of sp³-hybridized carbons (Fsp3) is 0.267. The number of methoxy groups -OCH3 is 1. The van der Waals surface area contributed by atoms with Gasteiger partial charge in [-0.2, -0.15) is 0 Å². The first-order chi connectivity index (χ1) is 9.15. The molecule has 1 atom stereocenters. The number of hydrogen-bond donors (Lipinski definition) is 1. The zero-order chi connectivity index (χ0) is 13.8. The Morgan fingerprint density at radius 3 is 2.79 bits per heavy atom. The van der Waals surface area contributed by atoms with Crippen LogP contribution >= 0.6 is 0 Å². The first kappa shape index (κ1) is 13.4. The van der Waals surface area contributed by atoms with Gasteiger partial charge in [-0.3, -0.25) is 4.79 Å². The Labute approximate surface area is 112 Å². The minimum Gasteiger partial charge on any atom is -0.451 e. The van der Waals surface area contributed by atoms with Gasteiger partial charge in [0.2, 0.25) is 0 Å². The first-order valence-electron chi connectivity index (χ1n) is 6.10. The molecule has 0 radical (unpaired) electrons. The Bertz CT molecular complexity index is 574. The molecule has 0 aliphatic rings. The van der Waals surface area contributed by atoms with Crippen molar-refractivity contribution in [1.29, 1.82) is 0 Å². The van der Waals surface area contributed by atoms with Gasteiger partial charge < -0.3 is 14.5 Å². The third-order valence-electron chi connectivity index (χ3n) is 3.05. The molecule has 2 aromatic rings. The standard InChI is InChI=1S/C15H17NO3/c1-10(18-3)11-5-4-6-12(9-11)13-7-8-14(19-13)15(17)16-2/h4-10H,1-3H3,(H,16,17). The van der Waals surface area contributed by atoms with Crippen molar-refractivity contribution in [3.8, 4) is 11.3 Å². The van der Waals surface area contributed by atoms with E-state index in [4.69, 9.17) is 9.15 Å². The van der Waals surface area contributed by atoms with Crippen molar-refractivity contribution in [2.24, 2.45) is 0 Å². The van der Waals surface area contributed by atoms with Crippen molar-refractivity contribution in [3.05, 3.63) is 47.7 Å². The quantitative estimate of drug-likeness (QED) is 0.918. The van der Waals surface area contributed by atoms with E-state index in [0.29, 0.717) is 11.5 Å². The van der Waals surface area contributed by atoms with Gasteiger partial charge in [-0.25, -0.2) is 0 Å². The van der Waals surface area contributed by atoms with Gasteiger partial charge in [0.1, 0.15) is 5.76 Å². The molecule has 0 aliphatic carbocycles. The van der Waals surface area contributed by atoms with Crippen molar-refractivity contribution in [1.82, 2.24) is 5.32 Å². The number of hydrogen-bond acceptors (Lipinski definition) is 3. The molecular weight excluding hydrogens is 242 g/mol. The largest absolute Gasteiger partial charge is 0.451 e. The molecule has 4 nitrogen and oxygen atoms in total. The van der Waals surface area contributed by atoms with Crippen LogP contribution in [0.3, 0.4) is 0 Å². The molecule has 1 unspecified atom stereocenters. The monoisotopic (exact) mass is 259 g/mol. The third-order valence-corrected chi connectivity index (χ3v) is 3.05. The Hall–Kier alpha value is -2.07. The smallest absolute Gasteiger partial charge is 0.286 e. The highest BCUT2D eigenvalue weighted by atomic mass is 16.5. The van der Waals surface area contributed by atoms with E-state index in [1.165, 1.54) is 0 Å². The van der Waals surface area contributed by atoms with Crippen LogP contribution in [0.25, 0.3) is 11.3 Å². The lowest BCUT2D eigenvalue weighted by atomic mass is 10.1. The summed E-state index contributed by atoms with van der Waals surface area (Å²) in [6.07, 6.45) is 0.0216. The molecule has 100 valence electrons. The highest BCUT2D eigenvalue weighted by Gasteiger charge is 2.11. The molecule has 0 aliphatic heterocycles. The second-order valence-electron chi connectivity index (χ2n) is 4.25. The average Bonchev–Trinajstić information content (AvgIpc) is 2.95. The molecule has 4 heteroatoms. The maximum absolute atomic E-state index is 11.5. The van der Waals surface area contributed by atoms with Crippen LogP contribution in [0.4, 0.5) is 0 Å². The van der Waals surface area contributed by atoms with Crippen molar-refractivity contribution >= 4 is 5.91 Å². The molecule has 1 amide bonds. The van der Waals surface area contributed by atoms with Gasteiger partial charge in [-0.05, 0) is 30.7 Å².